The lowest BCUT2D eigenvalue weighted by Crippen LogP contribution is -2.27. The summed E-state index contributed by atoms with van der Waals surface area (Å²) in [5, 5.41) is 3.16. The van der Waals surface area contributed by atoms with Crippen molar-refractivity contribution in [3.8, 4) is 0 Å². The lowest BCUT2D eigenvalue weighted by molar-refractivity contribution is 0.838. The minimum absolute atomic E-state index is 0.393. The smallest absolute Gasteiger partial charge is 0.0781 e. The summed E-state index contributed by atoms with van der Waals surface area (Å²) in [6.45, 7) is 12.2. The predicted octanol–water partition coefficient (Wildman–Crippen LogP) is 2.86. The number of rotatable bonds is 5. The van der Waals surface area contributed by atoms with Crippen LogP contribution in [0.3, 0.4) is 0 Å². The third-order valence-corrected chi connectivity index (χ3v) is 2.20. The summed E-state index contributed by atoms with van der Waals surface area (Å²) >= 11 is 5.13. The zero-order valence-electron chi connectivity index (χ0n) is 8.34. The van der Waals surface area contributed by atoms with Gasteiger partial charge in [0.15, 0.2) is 0 Å². The first-order valence-corrected chi connectivity index (χ1v) is 4.74. The van der Waals surface area contributed by atoms with E-state index in [0.717, 1.165) is 17.1 Å². The standard InChI is InChI=1S/C11H17NS/c1-5-7-10(6-2)8-12-11(13)9(3)4/h5-7,9H,1-2,8H2,3-4H3,(H,12,13)/b10-7+. The fourth-order valence-corrected chi connectivity index (χ4v) is 0.816. The zero-order valence-corrected chi connectivity index (χ0v) is 9.16. The van der Waals surface area contributed by atoms with Gasteiger partial charge in [0, 0.05) is 12.5 Å². The van der Waals surface area contributed by atoms with E-state index in [9.17, 15) is 0 Å². The van der Waals surface area contributed by atoms with Crippen LogP contribution in [-0.2, 0) is 0 Å². The number of hydrogen-bond donors (Lipinski definition) is 1. The second kappa shape index (κ2) is 6.61. The van der Waals surface area contributed by atoms with Crippen LogP contribution >= 0.6 is 12.2 Å². The second-order valence-corrected chi connectivity index (χ2v) is 3.49. The van der Waals surface area contributed by atoms with Gasteiger partial charge < -0.3 is 5.32 Å². The molecule has 0 unspecified atom stereocenters. The van der Waals surface area contributed by atoms with E-state index in [2.05, 4.69) is 32.3 Å². The molecule has 0 spiro atoms. The molecular weight excluding hydrogens is 178 g/mol. The highest BCUT2D eigenvalue weighted by molar-refractivity contribution is 7.80. The van der Waals surface area contributed by atoms with E-state index in [1.54, 1.807) is 12.2 Å². The van der Waals surface area contributed by atoms with Gasteiger partial charge in [-0.1, -0.05) is 57.5 Å². The molecule has 0 saturated heterocycles. The van der Waals surface area contributed by atoms with Gasteiger partial charge in [-0.3, -0.25) is 0 Å². The van der Waals surface area contributed by atoms with Gasteiger partial charge in [-0.25, -0.2) is 0 Å². The van der Waals surface area contributed by atoms with Crippen molar-refractivity contribution >= 4 is 17.2 Å². The van der Waals surface area contributed by atoms with E-state index in [1.165, 1.54) is 0 Å². The molecule has 0 amide bonds. The van der Waals surface area contributed by atoms with Crippen LogP contribution in [0, 0.1) is 5.92 Å². The van der Waals surface area contributed by atoms with E-state index in [4.69, 9.17) is 12.2 Å². The van der Waals surface area contributed by atoms with Crippen molar-refractivity contribution in [1.82, 2.24) is 5.32 Å². The predicted molar refractivity (Wildman–Crippen MR) is 63.9 cm³/mol. The maximum Gasteiger partial charge on any atom is 0.0781 e. The largest absolute Gasteiger partial charge is 0.375 e. The van der Waals surface area contributed by atoms with Gasteiger partial charge in [-0.05, 0) is 5.57 Å². The Bertz CT molecular complexity index is 226. The molecule has 0 atom stereocenters. The molecule has 0 radical (unpaired) electrons. The highest BCUT2D eigenvalue weighted by atomic mass is 32.1. The van der Waals surface area contributed by atoms with E-state index in [0.29, 0.717) is 5.92 Å². The number of nitrogens with one attached hydrogen (secondary N) is 1. The van der Waals surface area contributed by atoms with Crippen molar-refractivity contribution in [1.29, 1.82) is 0 Å². The van der Waals surface area contributed by atoms with Gasteiger partial charge in [0.1, 0.15) is 0 Å². The third kappa shape index (κ3) is 5.36. The highest BCUT2D eigenvalue weighted by Crippen LogP contribution is 1.97. The topological polar surface area (TPSA) is 12.0 Å². The van der Waals surface area contributed by atoms with Crippen LogP contribution in [0.4, 0.5) is 0 Å². The van der Waals surface area contributed by atoms with Crippen LogP contribution in [0.25, 0.3) is 0 Å². The number of hydrogen-bond acceptors (Lipinski definition) is 1. The second-order valence-electron chi connectivity index (χ2n) is 3.05. The Morgan fingerprint density at radius 3 is 2.46 bits per heavy atom. The summed E-state index contributed by atoms with van der Waals surface area (Å²) < 4.78 is 0. The van der Waals surface area contributed by atoms with Crippen molar-refractivity contribution in [3.63, 3.8) is 0 Å². The van der Waals surface area contributed by atoms with E-state index in [-0.39, 0.29) is 0 Å². The van der Waals surface area contributed by atoms with Crippen LogP contribution in [0.2, 0.25) is 0 Å². The molecular formula is C11H17NS. The molecule has 0 heterocycles. The van der Waals surface area contributed by atoms with E-state index >= 15 is 0 Å². The molecule has 0 aromatic carbocycles. The first-order valence-electron chi connectivity index (χ1n) is 4.33. The molecule has 0 aliphatic carbocycles. The van der Waals surface area contributed by atoms with Crippen LogP contribution in [-0.4, -0.2) is 11.5 Å². The summed E-state index contributed by atoms with van der Waals surface area (Å²) in [6, 6.07) is 0. The summed E-state index contributed by atoms with van der Waals surface area (Å²) in [5.74, 6) is 0.393. The summed E-state index contributed by atoms with van der Waals surface area (Å²) in [7, 11) is 0. The van der Waals surface area contributed by atoms with Crippen molar-refractivity contribution < 1.29 is 0 Å². The molecule has 0 bridgehead atoms. The summed E-state index contributed by atoms with van der Waals surface area (Å²) in [6.07, 6.45) is 5.47. The molecule has 0 saturated carbocycles. The molecule has 72 valence electrons. The van der Waals surface area contributed by atoms with Crippen molar-refractivity contribution in [2.45, 2.75) is 13.8 Å². The first kappa shape index (κ1) is 12.1. The zero-order chi connectivity index (χ0) is 10.3. The Morgan fingerprint density at radius 1 is 1.46 bits per heavy atom. The molecule has 0 aliphatic heterocycles. The van der Waals surface area contributed by atoms with E-state index < -0.39 is 0 Å². The monoisotopic (exact) mass is 195 g/mol. The quantitative estimate of drug-likeness (QED) is 0.535. The summed E-state index contributed by atoms with van der Waals surface area (Å²) in [4.78, 5) is 0.886. The maximum absolute atomic E-state index is 5.13. The van der Waals surface area contributed by atoms with Gasteiger partial charge in [0.05, 0.1) is 4.99 Å². The lowest BCUT2D eigenvalue weighted by Gasteiger charge is -2.10. The average molecular weight is 195 g/mol. The van der Waals surface area contributed by atoms with Gasteiger partial charge in [0.25, 0.3) is 0 Å². The molecule has 0 aliphatic rings. The van der Waals surface area contributed by atoms with Crippen LogP contribution in [0.5, 0.6) is 0 Å². The molecule has 1 N–H and O–H groups in total. The molecule has 2 heteroatoms. The molecule has 0 aromatic rings. The minimum Gasteiger partial charge on any atom is -0.375 e. The van der Waals surface area contributed by atoms with Crippen molar-refractivity contribution in [3.05, 3.63) is 37.0 Å². The van der Waals surface area contributed by atoms with Gasteiger partial charge >= 0.3 is 0 Å². The van der Waals surface area contributed by atoms with Crippen LogP contribution in [0.15, 0.2) is 37.0 Å². The lowest BCUT2D eigenvalue weighted by atomic mass is 10.2. The number of allylic oxidation sites excluding steroid dienone is 2. The van der Waals surface area contributed by atoms with Gasteiger partial charge in [-0.2, -0.15) is 0 Å². The fourth-order valence-electron chi connectivity index (χ4n) is 0.744. The third-order valence-electron chi connectivity index (χ3n) is 1.59. The van der Waals surface area contributed by atoms with Gasteiger partial charge in [0.2, 0.25) is 0 Å². The highest BCUT2D eigenvalue weighted by Gasteiger charge is 2.00. The fraction of sp³-hybridized carbons (Fsp3) is 0.364. The van der Waals surface area contributed by atoms with Gasteiger partial charge in [-0.15, -0.1) is 0 Å². The minimum atomic E-state index is 0.393. The Morgan fingerprint density at radius 2 is 2.08 bits per heavy atom. The van der Waals surface area contributed by atoms with Crippen LogP contribution in [0.1, 0.15) is 13.8 Å². The maximum atomic E-state index is 5.13. The Kier molecular flexibility index (Phi) is 6.15. The molecule has 13 heavy (non-hydrogen) atoms. The van der Waals surface area contributed by atoms with E-state index in [1.807, 2.05) is 6.08 Å². The van der Waals surface area contributed by atoms with Crippen molar-refractivity contribution in [2.75, 3.05) is 6.54 Å². The molecule has 0 aromatic heterocycles. The van der Waals surface area contributed by atoms with Crippen LogP contribution < -0.4 is 5.32 Å². The first-order chi connectivity index (χ1) is 6.11. The Hall–Kier alpha value is -0.890. The molecule has 1 nitrogen and oxygen atoms in total. The average Bonchev–Trinajstić information content (AvgIpc) is 2.11. The Labute approximate surface area is 86.2 Å². The Balaban J connectivity index is 3.99. The molecule has 0 rings (SSSR count). The van der Waals surface area contributed by atoms with Crippen molar-refractivity contribution in [2.24, 2.45) is 5.92 Å². The molecule has 0 fully saturated rings. The summed E-state index contributed by atoms with van der Waals surface area (Å²) in [5.41, 5.74) is 1.10. The SMILES string of the molecule is C=C/C=C(\C=C)CNC(=S)C(C)C. The number of thiocarbonyl (C=S) groups is 1. The normalized spacial score (nSPS) is 11.2.